The van der Waals surface area contributed by atoms with Crippen molar-refractivity contribution in [2.45, 2.75) is 82.2 Å². The molecule has 0 aromatic heterocycles. The highest BCUT2D eigenvalue weighted by Crippen LogP contribution is 2.32. The number of non-ortho nitro benzene ring substituents is 1. The van der Waals surface area contributed by atoms with E-state index in [2.05, 4.69) is 16.0 Å². The van der Waals surface area contributed by atoms with Gasteiger partial charge in [0, 0.05) is 24.7 Å². The van der Waals surface area contributed by atoms with E-state index in [0.717, 1.165) is 48.4 Å². The average Bonchev–Trinajstić information content (AvgIpc) is 3.10. The Hall–Kier alpha value is -5.06. The zero-order chi connectivity index (χ0) is 36.9. The van der Waals surface area contributed by atoms with Crippen molar-refractivity contribution in [1.82, 2.24) is 16.0 Å². The van der Waals surface area contributed by atoms with Crippen molar-refractivity contribution in [3.05, 3.63) is 74.3 Å². The van der Waals surface area contributed by atoms with Crippen LogP contribution in [0, 0.1) is 20.2 Å². The Morgan fingerprint density at radius 3 is 2.10 bits per heavy atom. The summed E-state index contributed by atoms with van der Waals surface area (Å²) in [5.74, 6) is -3.60. The standard InChI is InChI=1S/C33H43N5O11S/c1-3-5-18-48-31(41)21-34-32(42)26(22-50-28-15-13-24(37(44)45)20-27(28)38(46)47)36-30(40)17-14-25(33(43)49-19-6-4-2)35-29(39)16-12-23-10-8-7-9-11-23/h7-11,13,15,20,25-26H,3-6,12,14,16-19,21-22H2,1-2H3,(H,34,42)(H,35,39)(H,36,40)/t25-,26-/m0/s1. The Balaban J connectivity index is 2.15. The number of rotatable bonds is 23. The van der Waals surface area contributed by atoms with Gasteiger partial charge in [-0.2, -0.15) is 0 Å². The maximum absolute atomic E-state index is 13.1. The number of nitrogens with one attached hydrogen (secondary N) is 3. The van der Waals surface area contributed by atoms with Crippen LogP contribution >= 0.6 is 11.8 Å². The molecule has 3 amide bonds. The van der Waals surface area contributed by atoms with Crippen molar-refractivity contribution in [1.29, 1.82) is 0 Å². The summed E-state index contributed by atoms with van der Waals surface area (Å²) in [7, 11) is 0. The van der Waals surface area contributed by atoms with E-state index in [-0.39, 0.29) is 43.1 Å². The monoisotopic (exact) mass is 717 g/mol. The first-order valence-corrected chi connectivity index (χ1v) is 17.2. The molecule has 2 aromatic carbocycles. The van der Waals surface area contributed by atoms with Gasteiger partial charge in [0.15, 0.2) is 0 Å². The van der Waals surface area contributed by atoms with E-state index < -0.39 is 69.5 Å². The number of esters is 2. The van der Waals surface area contributed by atoms with Gasteiger partial charge in [-0.05, 0) is 37.3 Å². The number of nitrogens with zero attached hydrogens (tertiary/aromatic N) is 2. The third-order valence-corrected chi connectivity index (χ3v) is 8.24. The first-order chi connectivity index (χ1) is 23.9. The third-order valence-electron chi connectivity index (χ3n) is 7.08. The summed E-state index contributed by atoms with van der Waals surface area (Å²) in [6.07, 6.45) is 2.82. The molecule has 50 heavy (non-hydrogen) atoms. The molecule has 2 aromatic rings. The minimum absolute atomic E-state index is 0.000252. The SMILES string of the molecule is CCCCOC(=O)CNC(=O)[C@H](CSc1ccc([N+](=O)[O-])cc1[N+](=O)[O-])NC(=O)CC[C@H](NC(=O)CCc1ccccc1)C(=O)OCCCC. The van der Waals surface area contributed by atoms with Gasteiger partial charge >= 0.3 is 11.9 Å². The third kappa shape index (κ3) is 15.4. The summed E-state index contributed by atoms with van der Waals surface area (Å²) in [6.45, 7) is 3.62. The highest BCUT2D eigenvalue weighted by Gasteiger charge is 2.27. The number of nitro benzene ring substituents is 2. The largest absolute Gasteiger partial charge is 0.464 e. The Labute approximate surface area is 293 Å². The van der Waals surface area contributed by atoms with E-state index >= 15 is 0 Å². The van der Waals surface area contributed by atoms with Gasteiger partial charge in [0.25, 0.3) is 11.4 Å². The maximum Gasteiger partial charge on any atom is 0.328 e. The van der Waals surface area contributed by atoms with Crippen LogP contribution in [0.5, 0.6) is 0 Å². The number of carbonyl (C=O) groups excluding carboxylic acids is 5. The molecule has 0 spiro atoms. The number of thioether (sulfide) groups is 1. The predicted molar refractivity (Wildman–Crippen MR) is 183 cm³/mol. The van der Waals surface area contributed by atoms with E-state index in [1.807, 2.05) is 44.2 Å². The lowest BCUT2D eigenvalue weighted by atomic mass is 10.1. The number of unbranched alkanes of at least 4 members (excludes halogenated alkanes) is 2. The van der Waals surface area contributed by atoms with E-state index in [0.29, 0.717) is 19.3 Å². The second kappa shape index (κ2) is 22.6. The second-order valence-electron chi connectivity index (χ2n) is 11.1. The minimum atomic E-state index is -1.33. The summed E-state index contributed by atoms with van der Waals surface area (Å²) in [6, 6.07) is 9.83. The number of hydrogen-bond donors (Lipinski definition) is 3. The number of nitro groups is 2. The van der Waals surface area contributed by atoms with Crippen LogP contribution in [-0.4, -0.2) is 77.1 Å². The topological polar surface area (TPSA) is 226 Å². The molecule has 0 heterocycles. The molecule has 0 aliphatic heterocycles. The maximum atomic E-state index is 13.1. The van der Waals surface area contributed by atoms with Crippen LogP contribution in [-0.2, 0) is 39.9 Å². The normalized spacial score (nSPS) is 11.8. The highest BCUT2D eigenvalue weighted by atomic mass is 32.2. The fourth-order valence-corrected chi connectivity index (χ4v) is 5.31. The first kappa shape index (κ1) is 41.1. The first-order valence-electron chi connectivity index (χ1n) is 16.2. The van der Waals surface area contributed by atoms with Gasteiger partial charge in [-0.25, -0.2) is 4.79 Å². The number of aryl methyl sites for hydroxylation is 1. The smallest absolute Gasteiger partial charge is 0.328 e. The van der Waals surface area contributed by atoms with Gasteiger partial charge in [-0.1, -0.05) is 57.0 Å². The van der Waals surface area contributed by atoms with E-state index in [9.17, 15) is 44.2 Å². The van der Waals surface area contributed by atoms with Crippen molar-refractivity contribution in [3.63, 3.8) is 0 Å². The molecule has 0 fully saturated rings. The molecule has 2 atom stereocenters. The van der Waals surface area contributed by atoms with Gasteiger partial charge in [0.05, 0.1) is 34.0 Å². The lowest BCUT2D eigenvalue weighted by Gasteiger charge is -2.20. The van der Waals surface area contributed by atoms with Gasteiger partial charge in [-0.15, -0.1) is 11.8 Å². The van der Waals surface area contributed by atoms with Crippen molar-refractivity contribution in [3.8, 4) is 0 Å². The Morgan fingerprint density at radius 1 is 0.820 bits per heavy atom. The molecule has 2 rings (SSSR count). The predicted octanol–water partition coefficient (Wildman–Crippen LogP) is 3.78. The fourth-order valence-electron chi connectivity index (χ4n) is 4.28. The molecule has 16 nitrogen and oxygen atoms in total. The van der Waals surface area contributed by atoms with Crippen LogP contribution in [0.4, 0.5) is 11.4 Å². The Morgan fingerprint density at radius 2 is 1.46 bits per heavy atom. The molecule has 0 bridgehead atoms. The molecule has 0 radical (unpaired) electrons. The minimum Gasteiger partial charge on any atom is -0.464 e. The molecule has 17 heteroatoms. The molecule has 0 aliphatic rings. The van der Waals surface area contributed by atoms with Gasteiger partial charge < -0.3 is 25.4 Å². The summed E-state index contributed by atoms with van der Waals surface area (Å²) in [4.78, 5) is 85.1. The van der Waals surface area contributed by atoms with Crippen LogP contribution in [0.1, 0.15) is 64.4 Å². The second-order valence-corrected chi connectivity index (χ2v) is 12.1. The van der Waals surface area contributed by atoms with E-state index in [1.54, 1.807) is 0 Å². The van der Waals surface area contributed by atoms with Gasteiger partial charge in [-0.3, -0.25) is 39.4 Å². The quantitative estimate of drug-likeness (QED) is 0.0491. The van der Waals surface area contributed by atoms with Crippen molar-refractivity contribution in [2.24, 2.45) is 0 Å². The van der Waals surface area contributed by atoms with Crippen molar-refractivity contribution in [2.75, 3.05) is 25.5 Å². The van der Waals surface area contributed by atoms with Crippen molar-refractivity contribution >= 4 is 52.8 Å². The molecular formula is C33H43N5O11S. The summed E-state index contributed by atoms with van der Waals surface area (Å²) >= 11 is 0.791. The molecule has 0 aliphatic carbocycles. The number of ether oxygens (including phenoxy) is 2. The van der Waals surface area contributed by atoms with Crippen LogP contribution in [0.15, 0.2) is 53.4 Å². The number of carbonyl (C=O) groups is 5. The van der Waals surface area contributed by atoms with Gasteiger partial charge in [0.1, 0.15) is 18.6 Å². The Kier molecular flexibility index (Phi) is 18.5. The summed E-state index contributed by atoms with van der Waals surface area (Å²) in [5, 5.41) is 30.3. The van der Waals surface area contributed by atoms with Crippen molar-refractivity contribution < 1.29 is 43.3 Å². The number of hydrogen-bond acceptors (Lipinski definition) is 12. The molecule has 0 saturated heterocycles. The zero-order valence-corrected chi connectivity index (χ0v) is 28.9. The average molecular weight is 718 g/mol. The fraction of sp³-hybridized carbons (Fsp3) is 0.485. The van der Waals surface area contributed by atoms with Crippen LogP contribution in [0.3, 0.4) is 0 Å². The van der Waals surface area contributed by atoms with Crippen LogP contribution in [0.25, 0.3) is 0 Å². The van der Waals surface area contributed by atoms with E-state index in [4.69, 9.17) is 9.47 Å². The number of amides is 3. The molecule has 0 saturated carbocycles. The molecular weight excluding hydrogens is 674 g/mol. The van der Waals surface area contributed by atoms with E-state index in [1.165, 1.54) is 0 Å². The lowest BCUT2D eigenvalue weighted by Crippen LogP contribution is -2.50. The Bertz CT molecular complexity index is 1480. The molecule has 0 unspecified atom stereocenters. The van der Waals surface area contributed by atoms with Crippen LogP contribution < -0.4 is 16.0 Å². The number of benzene rings is 2. The van der Waals surface area contributed by atoms with Crippen LogP contribution in [0.2, 0.25) is 0 Å². The zero-order valence-electron chi connectivity index (χ0n) is 28.1. The lowest BCUT2D eigenvalue weighted by molar-refractivity contribution is -0.396. The molecule has 272 valence electrons. The molecule has 3 N–H and O–H groups in total. The summed E-state index contributed by atoms with van der Waals surface area (Å²) < 4.78 is 10.3. The summed E-state index contributed by atoms with van der Waals surface area (Å²) in [5.41, 5.74) is -0.138. The highest BCUT2D eigenvalue weighted by molar-refractivity contribution is 7.99. The van der Waals surface area contributed by atoms with Gasteiger partial charge in [0.2, 0.25) is 17.7 Å².